The Balaban J connectivity index is 0.00000364. The molecule has 6 nitrogen and oxygen atoms in total. The lowest BCUT2D eigenvalue weighted by Gasteiger charge is -2.36. The Morgan fingerprint density at radius 1 is 1.19 bits per heavy atom. The van der Waals surface area contributed by atoms with Crippen molar-refractivity contribution in [1.82, 2.24) is 10.2 Å². The lowest BCUT2D eigenvalue weighted by atomic mass is 10.1. The molecule has 1 saturated heterocycles. The third kappa shape index (κ3) is 6.23. The van der Waals surface area contributed by atoms with E-state index in [0.29, 0.717) is 29.2 Å². The highest BCUT2D eigenvalue weighted by atomic mass is 127. The zero-order valence-electron chi connectivity index (χ0n) is 17.1. The molecule has 1 N–H and O–H groups in total. The van der Waals surface area contributed by atoms with Gasteiger partial charge in [-0.05, 0) is 12.0 Å². The van der Waals surface area contributed by atoms with Crippen LogP contribution < -0.4 is 19.5 Å². The fourth-order valence-corrected chi connectivity index (χ4v) is 4.31. The molecule has 0 amide bonds. The van der Waals surface area contributed by atoms with Crippen LogP contribution in [0.3, 0.4) is 0 Å². The molecular formula is C19H32IN3O3S. The Kier molecular flexibility index (Phi) is 10.4. The van der Waals surface area contributed by atoms with Gasteiger partial charge < -0.3 is 24.4 Å². The maximum atomic E-state index is 5.51. The Morgan fingerprint density at radius 3 is 2.37 bits per heavy atom. The lowest BCUT2D eigenvalue weighted by Crippen LogP contribution is -2.48. The molecule has 8 heteroatoms. The molecule has 154 valence electrons. The smallest absolute Gasteiger partial charge is 0.193 e. The van der Waals surface area contributed by atoms with E-state index in [1.807, 2.05) is 19.2 Å². The fraction of sp³-hybridized carbons (Fsp3) is 0.632. The van der Waals surface area contributed by atoms with Crippen molar-refractivity contribution in [3.63, 3.8) is 0 Å². The van der Waals surface area contributed by atoms with Gasteiger partial charge in [-0.15, -0.1) is 24.0 Å². The Morgan fingerprint density at radius 2 is 1.81 bits per heavy atom. The van der Waals surface area contributed by atoms with E-state index in [9.17, 15) is 0 Å². The quantitative estimate of drug-likeness (QED) is 0.360. The number of nitrogens with zero attached hydrogens (tertiary/aromatic N) is 2. The van der Waals surface area contributed by atoms with Crippen molar-refractivity contribution in [3.8, 4) is 17.2 Å². The average Bonchev–Trinajstić information content (AvgIpc) is 2.68. The van der Waals surface area contributed by atoms with E-state index >= 15 is 0 Å². The van der Waals surface area contributed by atoms with Crippen LogP contribution in [-0.4, -0.2) is 63.3 Å². The standard InChI is InChI=1S/C19H31N3O3S.HI/c1-13(2)18-12-22(7-8-26-18)19(20-3)21-11-14-9-16(24-5)17(25-6)10-15(14)23-4;/h9-10,13,18H,7-8,11-12H2,1-6H3,(H,20,21);1H. The third-order valence-corrected chi connectivity index (χ3v) is 6.11. The highest BCUT2D eigenvalue weighted by Gasteiger charge is 2.25. The summed E-state index contributed by atoms with van der Waals surface area (Å²) in [5.41, 5.74) is 0.998. The third-order valence-electron chi connectivity index (χ3n) is 4.57. The molecule has 27 heavy (non-hydrogen) atoms. The molecule has 0 spiro atoms. The van der Waals surface area contributed by atoms with Crippen LogP contribution in [0.15, 0.2) is 17.1 Å². The number of nitrogens with one attached hydrogen (secondary N) is 1. The molecule has 1 aliphatic heterocycles. The SMILES string of the molecule is CN=C(NCc1cc(OC)c(OC)cc1OC)N1CCSC(C(C)C)C1.I. The van der Waals surface area contributed by atoms with E-state index in [0.717, 1.165) is 36.1 Å². The number of ether oxygens (including phenoxy) is 3. The summed E-state index contributed by atoms with van der Waals surface area (Å²) in [6.07, 6.45) is 0. The first kappa shape index (κ1) is 24.0. The summed E-state index contributed by atoms with van der Waals surface area (Å²) >= 11 is 2.06. The van der Waals surface area contributed by atoms with Crippen molar-refractivity contribution in [2.24, 2.45) is 10.9 Å². The molecular weight excluding hydrogens is 477 g/mol. The van der Waals surface area contributed by atoms with Crippen molar-refractivity contribution in [2.45, 2.75) is 25.6 Å². The van der Waals surface area contributed by atoms with Gasteiger partial charge in [-0.25, -0.2) is 0 Å². The minimum absolute atomic E-state index is 0. The summed E-state index contributed by atoms with van der Waals surface area (Å²) < 4.78 is 16.3. The van der Waals surface area contributed by atoms with Crippen LogP contribution in [-0.2, 0) is 6.54 Å². The molecule has 1 heterocycles. The van der Waals surface area contributed by atoms with Crippen LogP contribution >= 0.6 is 35.7 Å². The highest BCUT2D eigenvalue weighted by molar-refractivity contribution is 14.0. The van der Waals surface area contributed by atoms with Gasteiger partial charge in [0.15, 0.2) is 17.5 Å². The number of guanidine groups is 1. The second-order valence-electron chi connectivity index (χ2n) is 6.52. The summed E-state index contributed by atoms with van der Waals surface area (Å²) in [7, 11) is 6.75. The van der Waals surface area contributed by atoms with Gasteiger partial charge in [-0.2, -0.15) is 11.8 Å². The molecule has 0 aromatic heterocycles. The summed E-state index contributed by atoms with van der Waals surface area (Å²) in [4.78, 5) is 6.82. The van der Waals surface area contributed by atoms with Crippen LogP contribution in [0, 0.1) is 5.92 Å². The van der Waals surface area contributed by atoms with Crippen LogP contribution in [0.2, 0.25) is 0 Å². The Labute approximate surface area is 184 Å². The topological polar surface area (TPSA) is 55.3 Å². The van der Waals surface area contributed by atoms with E-state index in [-0.39, 0.29) is 24.0 Å². The predicted molar refractivity (Wildman–Crippen MR) is 124 cm³/mol. The Bertz CT molecular complexity index is 628. The molecule has 0 aliphatic carbocycles. The van der Waals surface area contributed by atoms with Gasteiger partial charge in [0.05, 0.1) is 21.3 Å². The molecule has 0 radical (unpaired) electrons. The van der Waals surface area contributed by atoms with E-state index in [1.54, 1.807) is 21.3 Å². The number of methoxy groups -OCH3 is 3. The zero-order chi connectivity index (χ0) is 19.1. The predicted octanol–water partition coefficient (Wildman–Crippen LogP) is 3.48. The van der Waals surface area contributed by atoms with Gasteiger partial charge in [0.2, 0.25) is 0 Å². The molecule has 1 aromatic rings. The van der Waals surface area contributed by atoms with Crippen molar-refractivity contribution >= 4 is 41.7 Å². The number of hydrogen-bond donors (Lipinski definition) is 1. The molecule has 1 aromatic carbocycles. The largest absolute Gasteiger partial charge is 0.496 e. The minimum Gasteiger partial charge on any atom is -0.496 e. The molecule has 2 rings (SSSR count). The maximum Gasteiger partial charge on any atom is 0.193 e. The molecule has 0 saturated carbocycles. The average molecular weight is 509 g/mol. The van der Waals surface area contributed by atoms with Crippen LogP contribution in [0.5, 0.6) is 17.2 Å². The summed E-state index contributed by atoms with van der Waals surface area (Å²) in [5, 5.41) is 4.11. The molecule has 1 aliphatic rings. The van der Waals surface area contributed by atoms with E-state index in [2.05, 4.69) is 40.8 Å². The normalized spacial score (nSPS) is 17.4. The lowest BCUT2D eigenvalue weighted by molar-refractivity contribution is 0.347. The monoisotopic (exact) mass is 509 g/mol. The number of hydrogen-bond acceptors (Lipinski definition) is 5. The van der Waals surface area contributed by atoms with Gasteiger partial charge in [0.25, 0.3) is 0 Å². The molecule has 1 fully saturated rings. The number of aliphatic imine (C=N–C) groups is 1. The van der Waals surface area contributed by atoms with E-state index in [4.69, 9.17) is 14.2 Å². The number of thioether (sulfide) groups is 1. The van der Waals surface area contributed by atoms with Crippen molar-refractivity contribution in [1.29, 1.82) is 0 Å². The van der Waals surface area contributed by atoms with Crippen LogP contribution in [0.25, 0.3) is 0 Å². The van der Waals surface area contributed by atoms with Gasteiger partial charge in [0.1, 0.15) is 5.75 Å². The van der Waals surface area contributed by atoms with Crippen LogP contribution in [0.1, 0.15) is 19.4 Å². The minimum atomic E-state index is 0. The van der Waals surface area contributed by atoms with Crippen molar-refractivity contribution in [2.75, 3.05) is 47.2 Å². The van der Waals surface area contributed by atoms with Crippen molar-refractivity contribution < 1.29 is 14.2 Å². The first-order chi connectivity index (χ1) is 12.5. The first-order valence-corrected chi connectivity index (χ1v) is 9.95. The fourth-order valence-electron chi connectivity index (χ4n) is 3.01. The van der Waals surface area contributed by atoms with Gasteiger partial charge >= 0.3 is 0 Å². The number of halogens is 1. The second kappa shape index (κ2) is 11.7. The summed E-state index contributed by atoms with van der Waals surface area (Å²) in [6.45, 7) is 7.20. The van der Waals surface area contributed by atoms with Gasteiger partial charge in [-0.3, -0.25) is 4.99 Å². The van der Waals surface area contributed by atoms with Crippen LogP contribution in [0.4, 0.5) is 0 Å². The van der Waals surface area contributed by atoms with Crippen molar-refractivity contribution in [3.05, 3.63) is 17.7 Å². The second-order valence-corrected chi connectivity index (χ2v) is 7.87. The number of rotatable bonds is 6. The van der Waals surface area contributed by atoms with E-state index in [1.165, 1.54) is 0 Å². The Hall–Kier alpha value is -1.03. The van der Waals surface area contributed by atoms with Gasteiger partial charge in [0, 0.05) is 49.3 Å². The molecule has 1 unspecified atom stereocenters. The molecule has 1 atom stereocenters. The summed E-state index contributed by atoms with van der Waals surface area (Å²) in [6, 6.07) is 3.80. The number of benzene rings is 1. The first-order valence-electron chi connectivity index (χ1n) is 8.90. The van der Waals surface area contributed by atoms with Gasteiger partial charge in [-0.1, -0.05) is 13.8 Å². The summed E-state index contributed by atoms with van der Waals surface area (Å²) in [5.74, 6) is 4.82. The van der Waals surface area contributed by atoms with E-state index < -0.39 is 0 Å². The highest BCUT2D eigenvalue weighted by Crippen LogP contribution is 2.34. The maximum absolute atomic E-state index is 5.51. The zero-order valence-corrected chi connectivity index (χ0v) is 20.2. The molecule has 0 bridgehead atoms.